The maximum absolute atomic E-state index is 6.38. The maximum atomic E-state index is 6.38. The quantitative estimate of drug-likeness (QED) is 0.698. The van der Waals surface area contributed by atoms with E-state index in [1.807, 2.05) is 18.2 Å². The molecule has 3 rings (SSSR count). The van der Waals surface area contributed by atoms with E-state index in [9.17, 15) is 0 Å². The van der Waals surface area contributed by atoms with Crippen molar-refractivity contribution >= 4 is 22.4 Å². The molecule has 0 saturated heterocycles. The predicted octanol–water partition coefficient (Wildman–Crippen LogP) is 5.19. The third-order valence-electron chi connectivity index (χ3n) is 3.73. The van der Waals surface area contributed by atoms with Gasteiger partial charge in [0.25, 0.3) is 0 Å². The molecule has 0 aromatic heterocycles. The van der Waals surface area contributed by atoms with Crippen molar-refractivity contribution in [3.8, 4) is 0 Å². The van der Waals surface area contributed by atoms with E-state index in [0.717, 1.165) is 17.1 Å². The molecule has 1 atom stereocenters. The average molecular weight is 296 g/mol. The molecule has 0 spiro atoms. The Hall–Kier alpha value is -1.83. The zero-order valence-corrected chi connectivity index (χ0v) is 12.8. The molecule has 0 heterocycles. The lowest BCUT2D eigenvalue weighted by molar-refractivity contribution is 0.631. The van der Waals surface area contributed by atoms with Gasteiger partial charge in [0, 0.05) is 5.02 Å². The van der Waals surface area contributed by atoms with E-state index in [0.29, 0.717) is 0 Å². The van der Waals surface area contributed by atoms with Crippen LogP contribution in [0.1, 0.15) is 24.1 Å². The van der Waals surface area contributed by atoms with Crippen LogP contribution in [0.2, 0.25) is 5.02 Å². The van der Waals surface area contributed by atoms with Crippen molar-refractivity contribution in [1.29, 1.82) is 0 Å². The van der Waals surface area contributed by atoms with Gasteiger partial charge >= 0.3 is 0 Å². The molecule has 1 unspecified atom stereocenters. The summed E-state index contributed by atoms with van der Waals surface area (Å²) in [5.74, 6) is 0. The monoisotopic (exact) mass is 295 g/mol. The molecule has 0 aliphatic heterocycles. The van der Waals surface area contributed by atoms with Crippen molar-refractivity contribution in [3.05, 3.63) is 82.9 Å². The number of fused-ring (bicyclic) bond motifs is 1. The fourth-order valence-corrected chi connectivity index (χ4v) is 2.95. The fraction of sp³-hybridized carbons (Fsp3) is 0.158. The van der Waals surface area contributed by atoms with E-state index in [1.54, 1.807) is 0 Å². The van der Waals surface area contributed by atoms with Gasteiger partial charge in [-0.2, -0.15) is 0 Å². The van der Waals surface area contributed by atoms with Crippen molar-refractivity contribution in [2.45, 2.75) is 13.0 Å². The van der Waals surface area contributed by atoms with E-state index in [2.05, 4.69) is 60.8 Å². The number of hydrogen-bond acceptors (Lipinski definition) is 1. The van der Waals surface area contributed by atoms with Crippen molar-refractivity contribution in [2.24, 2.45) is 0 Å². The Morgan fingerprint density at radius 1 is 0.905 bits per heavy atom. The highest BCUT2D eigenvalue weighted by Crippen LogP contribution is 2.30. The minimum atomic E-state index is 0.119. The maximum Gasteiger partial charge on any atom is 0.0591 e. The highest BCUT2D eigenvalue weighted by molar-refractivity contribution is 6.31. The molecule has 0 aliphatic rings. The summed E-state index contributed by atoms with van der Waals surface area (Å²) in [5, 5.41) is 6.85. The van der Waals surface area contributed by atoms with E-state index < -0.39 is 0 Å². The summed E-state index contributed by atoms with van der Waals surface area (Å²) < 4.78 is 0. The summed E-state index contributed by atoms with van der Waals surface area (Å²) in [6.07, 6.45) is 0. The molecule has 1 N–H and O–H groups in total. The van der Waals surface area contributed by atoms with Gasteiger partial charge in [0.05, 0.1) is 6.04 Å². The fourth-order valence-electron chi connectivity index (χ4n) is 2.71. The Kier molecular flexibility index (Phi) is 4.23. The van der Waals surface area contributed by atoms with E-state index in [1.165, 1.54) is 16.3 Å². The molecule has 0 amide bonds. The highest BCUT2D eigenvalue weighted by Gasteiger charge is 2.15. The van der Waals surface area contributed by atoms with Crippen LogP contribution in [0.3, 0.4) is 0 Å². The summed E-state index contributed by atoms with van der Waals surface area (Å²) >= 11 is 6.38. The van der Waals surface area contributed by atoms with Gasteiger partial charge in [-0.25, -0.2) is 0 Å². The summed E-state index contributed by atoms with van der Waals surface area (Å²) in [6.45, 7) is 3.01. The Morgan fingerprint density at radius 3 is 2.38 bits per heavy atom. The molecule has 3 aromatic carbocycles. The van der Waals surface area contributed by atoms with Crippen molar-refractivity contribution in [2.75, 3.05) is 6.54 Å². The van der Waals surface area contributed by atoms with Gasteiger partial charge in [0.15, 0.2) is 0 Å². The minimum absolute atomic E-state index is 0.119. The molecule has 1 nitrogen and oxygen atoms in total. The SMILES string of the molecule is CCNC(c1ccc2ccccc2c1)c1ccccc1Cl. The predicted molar refractivity (Wildman–Crippen MR) is 90.9 cm³/mol. The standard InChI is InChI=1S/C19H18ClN/c1-2-21-19(17-9-5-6-10-18(17)20)16-12-11-14-7-3-4-8-15(14)13-16/h3-13,19,21H,2H2,1H3. The molecular formula is C19H18ClN. The number of halogens is 1. The van der Waals surface area contributed by atoms with Gasteiger partial charge in [-0.3, -0.25) is 0 Å². The molecule has 0 aliphatic carbocycles. The molecule has 21 heavy (non-hydrogen) atoms. The molecular weight excluding hydrogens is 278 g/mol. The van der Waals surface area contributed by atoms with Gasteiger partial charge in [0.1, 0.15) is 0 Å². The van der Waals surface area contributed by atoms with Crippen LogP contribution in [0.4, 0.5) is 0 Å². The third-order valence-corrected chi connectivity index (χ3v) is 4.08. The second kappa shape index (κ2) is 6.30. The van der Waals surface area contributed by atoms with E-state index in [4.69, 9.17) is 11.6 Å². The van der Waals surface area contributed by atoms with Gasteiger partial charge in [0.2, 0.25) is 0 Å². The van der Waals surface area contributed by atoms with Crippen LogP contribution in [0.25, 0.3) is 10.8 Å². The molecule has 0 saturated carbocycles. The van der Waals surface area contributed by atoms with Crippen LogP contribution in [0.15, 0.2) is 66.7 Å². The minimum Gasteiger partial charge on any atom is -0.306 e. The van der Waals surface area contributed by atoms with Crippen molar-refractivity contribution in [1.82, 2.24) is 5.32 Å². The van der Waals surface area contributed by atoms with Crippen molar-refractivity contribution < 1.29 is 0 Å². The van der Waals surface area contributed by atoms with Crippen LogP contribution in [0, 0.1) is 0 Å². The Morgan fingerprint density at radius 2 is 1.62 bits per heavy atom. The van der Waals surface area contributed by atoms with Gasteiger partial charge in [-0.15, -0.1) is 0 Å². The van der Waals surface area contributed by atoms with Crippen molar-refractivity contribution in [3.63, 3.8) is 0 Å². The van der Waals surface area contributed by atoms with Crippen LogP contribution in [0.5, 0.6) is 0 Å². The molecule has 0 radical (unpaired) electrons. The molecule has 0 fully saturated rings. The molecule has 0 bridgehead atoms. The number of hydrogen-bond donors (Lipinski definition) is 1. The first-order valence-electron chi connectivity index (χ1n) is 7.26. The van der Waals surface area contributed by atoms with Crippen LogP contribution in [-0.4, -0.2) is 6.54 Å². The molecule has 3 aromatic rings. The first-order chi connectivity index (χ1) is 10.3. The second-order valence-corrected chi connectivity index (χ2v) is 5.53. The van der Waals surface area contributed by atoms with Crippen LogP contribution < -0.4 is 5.32 Å². The highest BCUT2D eigenvalue weighted by atomic mass is 35.5. The smallest absolute Gasteiger partial charge is 0.0591 e. The number of rotatable bonds is 4. The first-order valence-corrected chi connectivity index (χ1v) is 7.64. The third kappa shape index (κ3) is 2.94. The van der Waals surface area contributed by atoms with E-state index in [-0.39, 0.29) is 6.04 Å². The zero-order chi connectivity index (χ0) is 14.7. The van der Waals surface area contributed by atoms with E-state index >= 15 is 0 Å². The lowest BCUT2D eigenvalue weighted by atomic mass is 9.96. The number of nitrogens with one attached hydrogen (secondary N) is 1. The molecule has 106 valence electrons. The number of benzene rings is 3. The Labute approximate surface area is 130 Å². The lowest BCUT2D eigenvalue weighted by Gasteiger charge is -2.20. The largest absolute Gasteiger partial charge is 0.306 e. The van der Waals surface area contributed by atoms with Gasteiger partial charge < -0.3 is 5.32 Å². The second-order valence-electron chi connectivity index (χ2n) is 5.12. The Bertz CT molecular complexity index is 751. The van der Waals surface area contributed by atoms with Gasteiger partial charge in [-0.1, -0.05) is 73.1 Å². The first kappa shape index (κ1) is 14.1. The zero-order valence-electron chi connectivity index (χ0n) is 12.0. The summed E-state index contributed by atoms with van der Waals surface area (Å²) in [6, 6.07) is 23.2. The van der Waals surface area contributed by atoms with Crippen LogP contribution in [-0.2, 0) is 0 Å². The lowest BCUT2D eigenvalue weighted by Crippen LogP contribution is -2.22. The summed E-state index contributed by atoms with van der Waals surface area (Å²) in [7, 11) is 0. The normalized spacial score (nSPS) is 12.5. The van der Waals surface area contributed by atoms with Gasteiger partial charge in [-0.05, 0) is 40.6 Å². The Balaban J connectivity index is 2.09. The summed E-state index contributed by atoms with van der Waals surface area (Å²) in [5.41, 5.74) is 2.36. The summed E-state index contributed by atoms with van der Waals surface area (Å²) in [4.78, 5) is 0. The van der Waals surface area contributed by atoms with Crippen LogP contribution >= 0.6 is 11.6 Å². The molecule has 2 heteroatoms. The topological polar surface area (TPSA) is 12.0 Å². The average Bonchev–Trinajstić information content (AvgIpc) is 2.53.